The summed E-state index contributed by atoms with van der Waals surface area (Å²) in [5.74, 6) is -0.0856. The van der Waals surface area contributed by atoms with E-state index in [1.807, 2.05) is 41.8 Å². The van der Waals surface area contributed by atoms with Gasteiger partial charge in [0.2, 0.25) is 0 Å². The third-order valence-electron chi connectivity index (χ3n) is 4.36. The Morgan fingerprint density at radius 2 is 1.72 bits per heavy atom. The van der Waals surface area contributed by atoms with Crippen molar-refractivity contribution in [2.45, 2.75) is 33.6 Å². The Hall–Kier alpha value is -2.95. The molecule has 3 aromatic rings. The average molecular weight is 334 g/mol. The van der Waals surface area contributed by atoms with Gasteiger partial charge < -0.3 is 5.32 Å². The number of carbonyl (C=O) groups excluding carboxylic acids is 1. The number of benzene rings is 2. The Labute approximate surface area is 147 Å². The van der Waals surface area contributed by atoms with Gasteiger partial charge >= 0.3 is 0 Å². The van der Waals surface area contributed by atoms with Gasteiger partial charge in [0.15, 0.2) is 0 Å². The van der Waals surface area contributed by atoms with Crippen molar-refractivity contribution in [3.05, 3.63) is 71.3 Å². The molecule has 1 N–H and O–H groups in total. The molecule has 0 radical (unpaired) electrons. The molecule has 1 amide bonds. The van der Waals surface area contributed by atoms with Gasteiger partial charge in [-0.2, -0.15) is 0 Å². The molecule has 1 heterocycles. The molecular formula is C20H22N4O. The highest BCUT2D eigenvalue weighted by Gasteiger charge is 2.13. The minimum atomic E-state index is -0.0856. The van der Waals surface area contributed by atoms with Crippen LogP contribution < -0.4 is 5.32 Å². The lowest BCUT2D eigenvalue weighted by atomic mass is 10.0. The van der Waals surface area contributed by atoms with E-state index < -0.39 is 0 Å². The predicted molar refractivity (Wildman–Crippen MR) is 99.2 cm³/mol. The van der Waals surface area contributed by atoms with Crippen LogP contribution in [-0.4, -0.2) is 20.7 Å². The number of nitrogens with one attached hydrogen (secondary N) is 1. The van der Waals surface area contributed by atoms with Crippen LogP contribution in [0.15, 0.2) is 49.1 Å². The van der Waals surface area contributed by atoms with E-state index in [0.717, 1.165) is 35.3 Å². The maximum atomic E-state index is 12.6. The van der Waals surface area contributed by atoms with Crippen molar-refractivity contribution in [3.63, 3.8) is 0 Å². The molecule has 0 bridgehead atoms. The molecule has 5 nitrogen and oxygen atoms in total. The quantitative estimate of drug-likeness (QED) is 0.768. The van der Waals surface area contributed by atoms with Crippen molar-refractivity contribution >= 4 is 11.6 Å². The van der Waals surface area contributed by atoms with Crippen LogP contribution in [0.2, 0.25) is 0 Å². The lowest BCUT2D eigenvalue weighted by Crippen LogP contribution is -2.14. The molecule has 0 aliphatic carbocycles. The van der Waals surface area contributed by atoms with Gasteiger partial charge in [0.1, 0.15) is 12.7 Å². The number of hydrogen-bond acceptors (Lipinski definition) is 3. The second-order valence-electron chi connectivity index (χ2n) is 6.02. The fourth-order valence-electron chi connectivity index (χ4n) is 2.86. The summed E-state index contributed by atoms with van der Waals surface area (Å²) in [7, 11) is 0. The smallest absolute Gasteiger partial charge is 0.255 e. The highest BCUT2D eigenvalue weighted by Crippen LogP contribution is 2.26. The zero-order valence-corrected chi connectivity index (χ0v) is 14.8. The van der Waals surface area contributed by atoms with Crippen molar-refractivity contribution in [1.82, 2.24) is 14.8 Å². The maximum Gasteiger partial charge on any atom is 0.255 e. The minimum Gasteiger partial charge on any atom is -0.321 e. The van der Waals surface area contributed by atoms with Crippen molar-refractivity contribution < 1.29 is 4.79 Å². The van der Waals surface area contributed by atoms with Gasteiger partial charge in [-0.15, -0.1) is 10.2 Å². The number of carbonyl (C=O) groups is 1. The first-order chi connectivity index (χ1) is 12.1. The molecule has 5 heteroatoms. The molecule has 0 aliphatic rings. The van der Waals surface area contributed by atoms with Crippen molar-refractivity contribution in [3.8, 4) is 5.69 Å². The van der Waals surface area contributed by atoms with E-state index in [1.54, 1.807) is 12.7 Å². The fourth-order valence-corrected chi connectivity index (χ4v) is 2.86. The second-order valence-corrected chi connectivity index (χ2v) is 6.02. The van der Waals surface area contributed by atoms with Gasteiger partial charge in [-0.3, -0.25) is 9.36 Å². The third-order valence-corrected chi connectivity index (χ3v) is 4.36. The number of aryl methyl sites for hydroxylation is 3. The zero-order valence-electron chi connectivity index (χ0n) is 14.8. The summed E-state index contributed by atoms with van der Waals surface area (Å²) >= 11 is 0. The second kappa shape index (κ2) is 7.30. The van der Waals surface area contributed by atoms with Gasteiger partial charge in [-0.05, 0) is 60.7 Å². The molecule has 0 saturated carbocycles. The third kappa shape index (κ3) is 3.60. The molecule has 0 atom stereocenters. The predicted octanol–water partition coefficient (Wildman–Crippen LogP) is 3.95. The molecule has 128 valence electrons. The molecule has 25 heavy (non-hydrogen) atoms. The molecular weight excluding hydrogens is 312 g/mol. The summed E-state index contributed by atoms with van der Waals surface area (Å²) in [5.41, 5.74) is 5.86. The Morgan fingerprint density at radius 1 is 1.04 bits per heavy atom. The Kier molecular flexibility index (Phi) is 4.93. The molecule has 3 rings (SSSR count). The summed E-state index contributed by atoms with van der Waals surface area (Å²) in [6.45, 7) is 6.18. The topological polar surface area (TPSA) is 59.8 Å². The number of nitrogens with zero attached hydrogens (tertiary/aromatic N) is 3. The molecule has 0 aliphatic heterocycles. The van der Waals surface area contributed by atoms with Gasteiger partial charge in [0, 0.05) is 16.9 Å². The summed E-state index contributed by atoms with van der Waals surface area (Å²) in [6.07, 6.45) is 5.12. The Morgan fingerprint density at radius 3 is 2.32 bits per heavy atom. The summed E-state index contributed by atoms with van der Waals surface area (Å²) < 4.78 is 1.86. The van der Waals surface area contributed by atoms with Crippen LogP contribution in [0.25, 0.3) is 5.69 Å². The maximum absolute atomic E-state index is 12.6. The average Bonchev–Trinajstić information content (AvgIpc) is 3.17. The molecule has 0 fully saturated rings. The van der Waals surface area contributed by atoms with E-state index in [9.17, 15) is 4.79 Å². The van der Waals surface area contributed by atoms with Crippen LogP contribution in [0.5, 0.6) is 0 Å². The monoisotopic (exact) mass is 334 g/mol. The lowest BCUT2D eigenvalue weighted by Gasteiger charge is -2.16. The molecule has 0 spiro atoms. The summed E-state index contributed by atoms with van der Waals surface area (Å²) in [4.78, 5) is 12.6. The number of aromatic nitrogens is 3. The first kappa shape index (κ1) is 16.9. The van der Waals surface area contributed by atoms with E-state index in [-0.39, 0.29) is 5.91 Å². The van der Waals surface area contributed by atoms with Crippen LogP contribution in [-0.2, 0) is 12.8 Å². The molecule has 2 aromatic carbocycles. The van der Waals surface area contributed by atoms with Gasteiger partial charge in [0.25, 0.3) is 5.91 Å². The standard InChI is InChI=1S/C20H22N4O/c1-4-15-6-8-17(9-7-15)20(25)23-19-14(3)10-18(11-16(19)5-2)24-12-21-22-13-24/h6-13H,4-5H2,1-3H3,(H,23,25). The SMILES string of the molecule is CCc1ccc(C(=O)Nc2c(C)cc(-n3cnnc3)cc2CC)cc1. The van der Waals surface area contributed by atoms with Gasteiger partial charge in [-0.25, -0.2) is 0 Å². The van der Waals surface area contributed by atoms with Crippen molar-refractivity contribution in [2.24, 2.45) is 0 Å². The summed E-state index contributed by atoms with van der Waals surface area (Å²) in [6, 6.07) is 11.8. The van der Waals surface area contributed by atoms with Gasteiger partial charge in [-0.1, -0.05) is 26.0 Å². The Bertz CT molecular complexity index is 867. The van der Waals surface area contributed by atoms with Crippen LogP contribution >= 0.6 is 0 Å². The number of amides is 1. The van der Waals surface area contributed by atoms with Gasteiger partial charge in [0.05, 0.1) is 0 Å². The number of anilines is 1. The van der Waals surface area contributed by atoms with E-state index in [4.69, 9.17) is 0 Å². The summed E-state index contributed by atoms with van der Waals surface area (Å²) in [5, 5.41) is 10.8. The largest absolute Gasteiger partial charge is 0.321 e. The lowest BCUT2D eigenvalue weighted by molar-refractivity contribution is 0.102. The van der Waals surface area contributed by atoms with Crippen LogP contribution in [0.1, 0.15) is 40.9 Å². The fraction of sp³-hybridized carbons (Fsp3) is 0.250. The van der Waals surface area contributed by atoms with E-state index in [0.29, 0.717) is 5.56 Å². The first-order valence-electron chi connectivity index (χ1n) is 8.51. The van der Waals surface area contributed by atoms with Crippen molar-refractivity contribution in [2.75, 3.05) is 5.32 Å². The van der Waals surface area contributed by atoms with Crippen LogP contribution in [0, 0.1) is 6.92 Å². The Balaban J connectivity index is 1.89. The normalized spacial score (nSPS) is 10.7. The van der Waals surface area contributed by atoms with E-state index in [1.165, 1.54) is 5.56 Å². The van der Waals surface area contributed by atoms with Crippen molar-refractivity contribution in [1.29, 1.82) is 0 Å². The molecule has 0 saturated heterocycles. The first-order valence-corrected chi connectivity index (χ1v) is 8.51. The van der Waals surface area contributed by atoms with Crippen LogP contribution in [0.4, 0.5) is 5.69 Å². The number of rotatable bonds is 5. The van der Waals surface area contributed by atoms with E-state index in [2.05, 4.69) is 35.4 Å². The molecule has 1 aromatic heterocycles. The zero-order chi connectivity index (χ0) is 17.8. The number of hydrogen-bond donors (Lipinski definition) is 1. The molecule has 0 unspecified atom stereocenters. The minimum absolute atomic E-state index is 0.0856. The highest BCUT2D eigenvalue weighted by atomic mass is 16.1. The van der Waals surface area contributed by atoms with Crippen LogP contribution in [0.3, 0.4) is 0 Å². The highest BCUT2D eigenvalue weighted by molar-refractivity contribution is 6.05. The van der Waals surface area contributed by atoms with E-state index >= 15 is 0 Å².